The van der Waals surface area contributed by atoms with Crippen LogP contribution in [0.3, 0.4) is 0 Å². The van der Waals surface area contributed by atoms with Crippen molar-refractivity contribution in [2.24, 2.45) is 5.92 Å². The second kappa shape index (κ2) is 5.99. The van der Waals surface area contributed by atoms with Crippen molar-refractivity contribution in [2.75, 3.05) is 46.3 Å². The minimum absolute atomic E-state index is 0.786. The van der Waals surface area contributed by atoms with Crippen LogP contribution >= 0.6 is 0 Å². The molecule has 0 bridgehead atoms. The normalized spacial score (nSPS) is 30.0. The summed E-state index contributed by atoms with van der Waals surface area (Å²) < 4.78 is 0. The van der Waals surface area contributed by atoms with Gasteiger partial charge in [0, 0.05) is 12.6 Å². The van der Waals surface area contributed by atoms with E-state index in [1.54, 1.807) is 0 Å². The minimum Gasteiger partial charge on any atom is -0.314 e. The molecule has 2 aliphatic heterocycles. The van der Waals surface area contributed by atoms with Crippen LogP contribution in [0.15, 0.2) is 0 Å². The molecule has 94 valence electrons. The van der Waals surface area contributed by atoms with Gasteiger partial charge in [0.25, 0.3) is 0 Å². The molecule has 0 aromatic heterocycles. The van der Waals surface area contributed by atoms with E-state index in [0.717, 1.165) is 12.0 Å². The van der Waals surface area contributed by atoms with Crippen LogP contribution in [0.5, 0.6) is 0 Å². The standard InChI is InChI=1S/C13H27N3/c1-3-16-8-5-13(6-9-16)14-10-12-4-7-15(2)11-12/h12-14H,3-11H2,1-2H3. The van der Waals surface area contributed by atoms with Crippen LogP contribution in [-0.4, -0.2) is 62.2 Å². The monoisotopic (exact) mass is 225 g/mol. The fourth-order valence-electron chi connectivity index (χ4n) is 2.98. The van der Waals surface area contributed by atoms with Gasteiger partial charge in [-0.1, -0.05) is 6.92 Å². The second-order valence-corrected chi connectivity index (χ2v) is 5.53. The lowest BCUT2D eigenvalue weighted by molar-refractivity contribution is 0.203. The molecule has 2 aliphatic rings. The summed E-state index contributed by atoms with van der Waals surface area (Å²) in [4.78, 5) is 5.01. The summed E-state index contributed by atoms with van der Waals surface area (Å²) in [5.74, 6) is 0.897. The zero-order valence-corrected chi connectivity index (χ0v) is 10.9. The summed E-state index contributed by atoms with van der Waals surface area (Å²) in [5.41, 5.74) is 0. The topological polar surface area (TPSA) is 18.5 Å². The second-order valence-electron chi connectivity index (χ2n) is 5.53. The Labute approximate surface area is 100 Å². The molecule has 2 rings (SSSR count). The third-order valence-electron chi connectivity index (χ3n) is 4.22. The summed E-state index contributed by atoms with van der Waals surface area (Å²) >= 11 is 0. The van der Waals surface area contributed by atoms with Crippen LogP contribution in [-0.2, 0) is 0 Å². The lowest BCUT2D eigenvalue weighted by Crippen LogP contribution is -2.43. The van der Waals surface area contributed by atoms with Crippen LogP contribution in [0.4, 0.5) is 0 Å². The highest BCUT2D eigenvalue weighted by Gasteiger charge is 2.22. The van der Waals surface area contributed by atoms with E-state index in [9.17, 15) is 0 Å². The zero-order valence-electron chi connectivity index (χ0n) is 10.9. The first kappa shape index (κ1) is 12.3. The number of piperidine rings is 1. The first-order chi connectivity index (χ1) is 7.78. The Morgan fingerprint density at radius 1 is 1.12 bits per heavy atom. The SMILES string of the molecule is CCN1CCC(NCC2CCN(C)C2)CC1. The summed E-state index contributed by atoms with van der Waals surface area (Å²) in [7, 11) is 2.24. The van der Waals surface area contributed by atoms with Crippen molar-refractivity contribution in [3.05, 3.63) is 0 Å². The predicted octanol–water partition coefficient (Wildman–Crippen LogP) is 1.01. The average molecular weight is 225 g/mol. The maximum absolute atomic E-state index is 3.78. The summed E-state index contributed by atoms with van der Waals surface area (Å²) in [6.45, 7) is 9.89. The molecule has 0 saturated carbocycles. The Morgan fingerprint density at radius 2 is 1.88 bits per heavy atom. The van der Waals surface area contributed by atoms with Gasteiger partial charge in [-0.2, -0.15) is 0 Å². The molecular weight excluding hydrogens is 198 g/mol. The van der Waals surface area contributed by atoms with Gasteiger partial charge in [0.15, 0.2) is 0 Å². The van der Waals surface area contributed by atoms with Crippen molar-refractivity contribution < 1.29 is 0 Å². The number of hydrogen-bond donors (Lipinski definition) is 1. The maximum Gasteiger partial charge on any atom is 0.00915 e. The van der Waals surface area contributed by atoms with Gasteiger partial charge in [0.1, 0.15) is 0 Å². The van der Waals surface area contributed by atoms with Crippen LogP contribution in [0.2, 0.25) is 0 Å². The third-order valence-corrected chi connectivity index (χ3v) is 4.22. The molecule has 1 N–H and O–H groups in total. The average Bonchev–Trinajstić information content (AvgIpc) is 2.73. The third kappa shape index (κ3) is 3.44. The maximum atomic E-state index is 3.78. The first-order valence-electron chi connectivity index (χ1n) is 6.92. The quantitative estimate of drug-likeness (QED) is 0.770. The fraction of sp³-hybridized carbons (Fsp3) is 1.00. The van der Waals surface area contributed by atoms with E-state index in [2.05, 4.69) is 29.1 Å². The first-order valence-corrected chi connectivity index (χ1v) is 6.92. The van der Waals surface area contributed by atoms with Gasteiger partial charge in [0.2, 0.25) is 0 Å². The lowest BCUT2D eigenvalue weighted by atomic mass is 10.0. The van der Waals surface area contributed by atoms with Gasteiger partial charge in [-0.15, -0.1) is 0 Å². The molecule has 0 aromatic rings. The van der Waals surface area contributed by atoms with E-state index in [0.29, 0.717) is 0 Å². The van der Waals surface area contributed by atoms with E-state index >= 15 is 0 Å². The van der Waals surface area contributed by atoms with Gasteiger partial charge in [-0.25, -0.2) is 0 Å². The molecule has 0 spiro atoms. The highest BCUT2D eigenvalue weighted by atomic mass is 15.1. The van der Waals surface area contributed by atoms with Gasteiger partial charge < -0.3 is 15.1 Å². The predicted molar refractivity (Wildman–Crippen MR) is 68.7 cm³/mol. The smallest absolute Gasteiger partial charge is 0.00915 e. The van der Waals surface area contributed by atoms with Gasteiger partial charge in [0.05, 0.1) is 0 Å². The Balaban J connectivity index is 1.60. The van der Waals surface area contributed by atoms with Crippen molar-refractivity contribution in [3.63, 3.8) is 0 Å². The van der Waals surface area contributed by atoms with E-state index in [1.807, 2.05) is 0 Å². The largest absolute Gasteiger partial charge is 0.314 e. The number of rotatable bonds is 4. The molecule has 1 atom stereocenters. The fourth-order valence-corrected chi connectivity index (χ4v) is 2.98. The molecule has 0 amide bonds. The van der Waals surface area contributed by atoms with Crippen LogP contribution < -0.4 is 5.32 Å². The number of likely N-dealkylation sites (tertiary alicyclic amines) is 2. The molecule has 3 heteroatoms. The van der Waals surface area contributed by atoms with Crippen LogP contribution in [0, 0.1) is 5.92 Å². The molecule has 1 unspecified atom stereocenters. The van der Waals surface area contributed by atoms with Gasteiger partial charge >= 0.3 is 0 Å². The van der Waals surface area contributed by atoms with Gasteiger partial charge in [-0.05, 0) is 65.0 Å². The Bertz CT molecular complexity index is 199. The Hall–Kier alpha value is -0.120. The Kier molecular flexibility index (Phi) is 4.62. The minimum atomic E-state index is 0.786. The molecule has 2 fully saturated rings. The highest BCUT2D eigenvalue weighted by Crippen LogP contribution is 2.15. The van der Waals surface area contributed by atoms with Crippen molar-refractivity contribution in [1.29, 1.82) is 0 Å². The summed E-state index contributed by atoms with van der Waals surface area (Å²) in [6, 6.07) is 0.786. The van der Waals surface area contributed by atoms with E-state index in [4.69, 9.17) is 0 Å². The van der Waals surface area contributed by atoms with Crippen molar-refractivity contribution >= 4 is 0 Å². The molecular formula is C13H27N3. The molecule has 2 saturated heterocycles. The van der Waals surface area contributed by atoms with E-state index < -0.39 is 0 Å². The number of hydrogen-bond acceptors (Lipinski definition) is 3. The lowest BCUT2D eigenvalue weighted by Gasteiger charge is -2.32. The van der Waals surface area contributed by atoms with Crippen molar-refractivity contribution in [2.45, 2.75) is 32.2 Å². The molecule has 16 heavy (non-hydrogen) atoms. The zero-order chi connectivity index (χ0) is 11.4. The molecule has 0 radical (unpaired) electrons. The summed E-state index contributed by atoms with van der Waals surface area (Å²) in [6.07, 6.45) is 4.07. The molecule has 0 aliphatic carbocycles. The molecule has 3 nitrogen and oxygen atoms in total. The molecule has 0 aromatic carbocycles. The summed E-state index contributed by atoms with van der Waals surface area (Å²) in [5, 5.41) is 3.78. The van der Waals surface area contributed by atoms with Crippen LogP contribution in [0.1, 0.15) is 26.2 Å². The highest BCUT2D eigenvalue weighted by molar-refractivity contribution is 4.80. The van der Waals surface area contributed by atoms with Crippen molar-refractivity contribution in [1.82, 2.24) is 15.1 Å². The van der Waals surface area contributed by atoms with E-state index in [-0.39, 0.29) is 0 Å². The molecule has 2 heterocycles. The van der Waals surface area contributed by atoms with E-state index in [1.165, 1.54) is 58.5 Å². The van der Waals surface area contributed by atoms with Crippen LogP contribution in [0.25, 0.3) is 0 Å². The number of nitrogens with zero attached hydrogens (tertiary/aromatic N) is 2. The number of nitrogens with one attached hydrogen (secondary N) is 1. The Morgan fingerprint density at radius 3 is 2.44 bits per heavy atom. The van der Waals surface area contributed by atoms with Gasteiger partial charge in [-0.3, -0.25) is 0 Å². The van der Waals surface area contributed by atoms with Crippen molar-refractivity contribution in [3.8, 4) is 0 Å².